The summed E-state index contributed by atoms with van der Waals surface area (Å²) in [6.45, 7) is 4.08. The molecule has 136 valence electrons. The Morgan fingerprint density at radius 1 is 1.12 bits per heavy atom. The number of pyridine rings is 1. The molecule has 0 radical (unpaired) electrons. The number of anilines is 2. The fourth-order valence-electron chi connectivity index (χ4n) is 2.66. The molecule has 0 amide bonds. The van der Waals surface area contributed by atoms with E-state index >= 15 is 0 Å². The van der Waals surface area contributed by atoms with E-state index in [2.05, 4.69) is 10.3 Å². The van der Waals surface area contributed by atoms with Gasteiger partial charge in [-0.05, 0) is 50.2 Å². The molecule has 0 spiro atoms. The van der Waals surface area contributed by atoms with Crippen molar-refractivity contribution in [2.75, 3.05) is 16.2 Å². The third-order valence-electron chi connectivity index (χ3n) is 3.99. The maximum atomic E-state index is 12.9. The Labute approximate surface area is 153 Å². The van der Waals surface area contributed by atoms with Crippen molar-refractivity contribution in [2.45, 2.75) is 24.8 Å². The molecular weight excluding hydrogens is 350 g/mol. The van der Waals surface area contributed by atoms with E-state index in [1.807, 2.05) is 37.3 Å². The van der Waals surface area contributed by atoms with Gasteiger partial charge in [-0.15, -0.1) is 0 Å². The van der Waals surface area contributed by atoms with Gasteiger partial charge in [0.2, 0.25) is 0 Å². The van der Waals surface area contributed by atoms with Crippen LogP contribution in [-0.2, 0) is 10.0 Å². The number of hydrogen-bond donors (Lipinski definition) is 1. The van der Waals surface area contributed by atoms with Gasteiger partial charge in [-0.2, -0.15) is 0 Å². The van der Waals surface area contributed by atoms with Crippen molar-refractivity contribution >= 4 is 21.5 Å². The van der Waals surface area contributed by atoms with E-state index < -0.39 is 10.0 Å². The third kappa shape index (κ3) is 3.72. The van der Waals surface area contributed by atoms with Gasteiger partial charge in [0.1, 0.15) is 16.5 Å². The number of benzene rings is 1. The zero-order valence-electron chi connectivity index (χ0n) is 14.7. The fraction of sp³-hybridized carbons (Fsp3) is 0.211. The maximum Gasteiger partial charge on any atom is 0.265 e. The minimum Gasteiger partial charge on any atom is -0.467 e. The molecule has 0 aliphatic carbocycles. The Balaban J connectivity index is 1.80. The molecule has 1 aromatic carbocycles. The predicted octanol–water partition coefficient (Wildman–Crippen LogP) is 4.06. The average Bonchev–Trinajstić information content (AvgIpc) is 3.18. The van der Waals surface area contributed by atoms with Crippen molar-refractivity contribution in [2.24, 2.45) is 0 Å². The topological polar surface area (TPSA) is 75.4 Å². The molecule has 26 heavy (non-hydrogen) atoms. The second-order valence-electron chi connectivity index (χ2n) is 5.77. The zero-order chi connectivity index (χ0) is 18.6. The number of rotatable bonds is 7. The third-order valence-corrected chi connectivity index (χ3v) is 5.88. The molecule has 1 atom stereocenters. The van der Waals surface area contributed by atoms with Crippen molar-refractivity contribution in [1.82, 2.24) is 4.98 Å². The number of para-hydroxylation sites is 1. The van der Waals surface area contributed by atoms with Crippen molar-refractivity contribution in [3.63, 3.8) is 0 Å². The summed E-state index contributed by atoms with van der Waals surface area (Å²) in [5.41, 5.74) is 0.628. The molecule has 0 bridgehead atoms. The highest BCUT2D eigenvalue weighted by Gasteiger charge is 2.24. The largest absolute Gasteiger partial charge is 0.467 e. The molecule has 0 fully saturated rings. The molecule has 0 aliphatic heterocycles. The normalized spacial score (nSPS) is 12.5. The first-order chi connectivity index (χ1) is 12.5. The highest BCUT2D eigenvalue weighted by Crippen LogP contribution is 2.24. The molecule has 6 nitrogen and oxygen atoms in total. The molecular formula is C19H21N3O3S. The summed E-state index contributed by atoms with van der Waals surface area (Å²) in [7, 11) is -3.67. The maximum absolute atomic E-state index is 12.9. The smallest absolute Gasteiger partial charge is 0.265 e. The number of furan rings is 1. The Morgan fingerprint density at radius 2 is 1.88 bits per heavy atom. The van der Waals surface area contributed by atoms with Gasteiger partial charge in [-0.3, -0.25) is 4.31 Å². The lowest BCUT2D eigenvalue weighted by molar-refractivity contribution is 0.490. The quantitative estimate of drug-likeness (QED) is 0.678. The molecule has 3 rings (SSSR count). The van der Waals surface area contributed by atoms with E-state index in [1.165, 1.54) is 10.5 Å². The van der Waals surface area contributed by atoms with E-state index in [-0.39, 0.29) is 10.9 Å². The Bertz CT molecular complexity index is 924. The fourth-order valence-corrected chi connectivity index (χ4v) is 4.08. The van der Waals surface area contributed by atoms with E-state index in [0.717, 1.165) is 5.76 Å². The molecule has 0 saturated carbocycles. The summed E-state index contributed by atoms with van der Waals surface area (Å²) >= 11 is 0. The van der Waals surface area contributed by atoms with Gasteiger partial charge in [0.25, 0.3) is 10.0 Å². The monoisotopic (exact) mass is 371 g/mol. The standard InChI is InChI=1S/C19H21N3O3S/c1-3-22(16-8-5-4-6-9-16)26(23,24)17-11-12-19(20-14-17)21-15(2)18-10-7-13-25-18/h4-15H,3H2,1-2H3,(H,20,21)/t15-/m1/s1. The van der Waals surface area contributed by atoms with E-state index in [9.17, 15) is 8.42 Å². The van der Waals surface area contributed by atoms with Crippen LogP contribution in [0.4, 0.5) is 11.5 Å². The van der Waals surface area contributed by atoms with Crippen LogP contribution >= 0.6 is 0 Å². The first-order valence-electron chi connectivity index (χ1n) is 8.36. The first kappa shape index (κ1) is 18.0. The van der Waals surface area contributed by atoms with Crippen LogP contribution in [0.5, 0.6) is 0 Å². The van der Waals surface area contributed by atoms with Crippen LogP contribution < -0.4 is 9.62 Å². The Morgan fingerprint density at radius 3 is 2.46 bits per heavy atom. The summed E-state index contributed by atoms with van der Waals surface area (Å²) < 4.78 is 32.6. The predicted molar refractivity (Wildman–Crippen MR) is 102 cm³/mol. The minimum atomic E-state index is -3.67. The van der Waals surface area contributed by atoms with Crippen LogP contribution in [-0.4, -0.2) is 19.9 Å². The molecule has 3 aromatic rings. The van der Waals surface area contributed by atoms with Gasteiger partial charge in [-0.1, -0.05) is 18.2 Å². The van der Waals surface area contributed by atoms with Crippen molar-refractivity contribution < 1.29 is 12.8 Å². The molecule has 7 heteroatoms. The number of hydrogen-bond acceptors (Lipinski definition) is 5. The Hall–Kier alpha value is -2.80. The van der Waals surface area contributed by atoms with Crippen LogP contribution in [0.15, 0.2) is 76.4 Å². The summed E-state index contributed by atoms with van der Waals surface area (Å²) in [4.78, 5) is 4.40. The molecule has 2 aromatic heterocycles. The Kier molecular flexibility index (Phi) is 5.27. The number of nitrogens with zero attached hydrogens (tertiary/aromatic N) is 2. The van der Waals surface area contributed by atoms with E-state index in [0.29, 0.717) is 18.1 Å². The first-order valence-corrected chi connectivity index (χ1v) is 9.80. The summed E-state index contributed by atoms with van der Waals surface area (Å²) in [5.74, 6) is 1.36. The van der Waals surface area contributed by atoms with Crippen LogP contribution in [0.2, 0.25) is 0 Å². The van der Waals surface area contributed by atoms with Gasteiger partial charge >= 0.3 is 0 Å². The number of aromatic nitrogens is 1. The molecule has 0 aliphatic rings. The summed E-state index contributed by atoms with van der Waals surface area (Å²) in [6.07, 6.45) is 2.98. The molecule has 2 heterocycles. The minimum absolute atomic E-state index is 0.0728. The molecule has 0 unspecified atom stereocenters. The van der Waals surface area contributed by atoms with Crippen LogP contribution in [0.3, 0.4) is 0 Å². The van der Waals surface area contributed by atoms with Gasteiger partial charge in [0.05, 0.1) is 18.0 Å². The van der Waals surface area contributed by atoms with Crippen molar-refractivity contribution in [3.05, 3.63) is 72.8 Å². The van der Waals surface area contributed by atoms with Gasteiger partial charge in [0, 0.05) is 12.7 Å². The van der Waals surface area contributed by atoms with Crippen molar-refractivity contribution in [1.29, 1.82) is 0 Å². The van der Waals surface area contributed by atoms with E-state index in [1.54, 1.807) is 37.5 Å². The number of nitrogens with one attached hydrogen (secondary N) is 1. The van der Waals surface area contributed by atoms with Crippen LogP contribution in [0.1, 0.15) is 25.6 Å². The second-order valence-corrected chi connectivity index (χ2v) is 7.63. The SMILES string of the molecule is CCN(c1ccccc1)S(=O)(=O)c1ccc(N[C@H](C)c2ccco2)nc1. The lowest BCUT2D eigenvalue weighted by Gasteiger charge is -2.22. The van der Waals surface area contributed by atoms with Crippen molar-refractivity contribution in [3.8, 4) is 0 Å². The molecule has 1 N–H and O–H groups in total. The lowest BCUT2D eigenvalue weighted by Crippen LogP contribution is -2.30. The zero-order valence-corrected chi connectivity index (χ0v) is 15.5. The highest BCUT2D eigenvalue weighted by atomic mass is 32.2. The number of sulfonamides is 1. The summed E-state index contributed by atoms with van der Waals surface area (Å²) in [6, 6.07) is 15.9. The molecule has 0 saturated heterocycles. The summed E-state index contributed by atoms with van der Waals surface area (Å²) in [5, 5.41) is 3.18. The average molecular weight is 371 g/mol. The van der Waals surface area contributed by atoms with Gasteiger partial charge < -0.3 is 9.73 Å². The van der Waals surface area contributed by atoms with E-state index in [4.69, 9.17) is 4.42 Å². The highest BCUT2D eigenvalue weighted by molar-refractivity contribution is 7.92. The lowest BCUT2D eigenvalue weighted by atomic mass is 10.2. The van der Waals surface area contributed by atoms with Crippen LogP contribution in [0.25, 0.3) is 0 Å². The second kappa shape index (κ2) is 7.61. The van der Waals surface area contributed by atoms with Gasteiger partial charge in [0.15, 0.2) is 0 Å². The van der Waals surface area contributed by atoms with Crippen LogP contribution in [0, 0.1) is 0 Å². The van der Waals surface area contributed by atoms with Gasteiger partial charge in [-0.25, -0.2) is 13.4 Å².